The van der Waals surface area contributed by atoms with Crippen molar-refractivity contribution in [3.8, 4) is 5.75 Å². The van der Waals surface area contributed by atoms with Gasteiger partial charge in [-0.25, -0.2) is 0 Å². The normalized spacial score (nSPS) is 14.4. The molecule has 0 unspecified atom stereocenters. The average Bonchev–Trinajstić information content (AvgIpc) is 2.60. The number of hydrogen-bond acceptors (Lipinski definition) is 3. The molecule has 0 radical (unpaired) electrons. The number of pyridine rings is 1. The Hall–Kier alpha value is -1.43. The van der Waals surface area contributed by atoms with E-state index >= 15 is 0 Å². The van der Waals surface area contributed by atoms with Gasteiger partial charge in [0.15, 0.2) is 5.75 Å². The van der Waals surface area contributed by atoms with Crippen molar-refractivity contribution in [3.05, 3.63) is 68.7 Å². The lowest BCUT2D eigenvalue weighted by Gasteiger charge is -2.29. The Kier molecular flexibility index (Phi) is 4.57. The molecule has 2 heterocycles. The van der Waals surface area contributed by atoms with Crippen LogP contribution in [0, 0.1) is 0 Å². The molecule has 0 amide bonds. The van der Waals surface area contributed by atoms with E-state index in [1.54, 1.807) is 0 Å². The highest BCUT2D eigenvalue weighted by Gasteiger charge is 2.21. The van der Waals surface area contributed by atoms with Crippen LogP contribution in [0.5, 0.6) is 5.75 Å². The number of benzene rings is 2. The van der Waals surface area contributed by atoms with Crippen molar-refractivity contribution in [2.45, 2.75) is 13.0 Å². The van der Waals surface area contributed by atoms with Gasteiger partial charge >= 0.3 is 0 Å². The van der Waals surface area contributed by atoms with Gasteiger partial charge in [0.2, 0.25) is 0 Å². The van der Waals surface area contributed by atoms with E-state index in [0.717, 1.165) is 45.1 Å². The first kappa shape index (κ1) is 16.1. The van der Waals surface area contributed by atoms with Crippen LogP contribution >= 0.6 is 31.9 Å². The summed E-state index contributed by atoms with van der Waals surface area (Å²) in [7, 11) is 0. The fraction of sp³-hybridized carbons (Fsp3) is 0.211. The van der Waals surface area contributed by atoms with E-state index in [2.05, 4.69) is 78.1 Å². The maximum absolute atomic E-state index is 6.05. The second kappa shape index (κ2) is 6.82. The van der Waals surface area contributed by atoms with Gasteiger partial charge in [-0.15, -0.1) is 0 Å². The molecule has 5 heteroatoms. The van der Waals surface area contributed by atoms with E-state index in [1.807, 2.05) is 12.3 Å². The molecule has 0 atom stereocenters. The van der Waals surface area contributed by atoms with Gasteiger partial charge in [0.25, 0.3) is 0 Å². The number of hydrogen-bond donors (Lipinski definition) is 0. The molecule has 0 fully saturated rings. The molecule has 1 aromatic heterocycles. The molecule has 2 aromatic carbocycles. The highest BCUT2D eigenvalue weighted by molar-refractivity contribution is 9.11. The monoisotopic (exact) mass is 446 g/mol. The van der Waals surface area contributed by atoms with Gasteiger partial charge in [0.1, 0.15) is 12.2 Å². The van der Waals surface area contributed by atoms with E-state index in [1.165, 1.54) is 11.1 Å². The van der Waals surface area contributed by atoms with Crippen molar-refractivity contribution in [2.75, 3.05) is 13.3 Å². The van der Waals surface area contributed by atoms with Crippen LogP contribution in [0.1, 0.15) is 11.1 Å². The zero-order chi connectivity index (χ0) is 16.5. The van der Waals surface area contributed by atoms with Crippen molar-refractivity contribution in [2.24, 2.45) is 0 Å². The largest absolute Gasteiger partial charge is 0.475 e. The summed E-state index contributed by atoms with van der Waals surface area (Å²) >= 11 is 7.19. The van der Waals surface area contributed by atoms with Gasteiger partial charge in [-0.05, 0) is 36.2 Å². The van der Waals surface area contributed by atoms with Crippen molar-refractivity contribution >= 4 is 42.8 Å². The second-order valence-electron chi connectivity index (χ2n) is 5.95. The van der Waals surface area contributed by atoms with Crippen molar-refractivity contribution in [1.29, 1.82) is 0 Å². The Morgan fingerprint density at radius 1 is 1.12 bits per heavy atom. The Labute approximate surface area is 157 Å². The van der Waals surface area contributed by atoms with Crippen LogP contribution in [0.4, 0.5) is 0 Å². The predicted molar refractivity (Wildman–Crippen MR) is 103 cm³/mol. The number of nitrogens with zero attached hydrogens (tertiary/aromatic N) is 2. The smallest absolute Gasteiger partial charge is 0.152 e. The topological polar surface area (TPSA) is 25.4 Å². The minimum absolute atomic E-state index is 0.605. The van der Waals surface area contributed by atoms with Crippen LogP contribution < -0.4 is 4.74 Å². The highest BCUT2D eigenvalue weighted by Crippen LogP contribution is 2.36. The standard InChI is InChI=1S/C19H16Br2N2O/c20-15-4-1-3-13(9-15)6-8-23-11-14-10-17(21)16-5-2-7-22-18(16)19(14)24-12-23/h1-5,7,9-10H,6,8,11-12H2. The summed E-state index contributed by atoms with van der Waals surface area (Å²) in [5.41, 5.74) is 3.46. The van der Waals surface area contributed by atoms with Gasteiger partial charge in [-0.3, -0.25) is 9.88 Å². The van der Waals surface area contributed by atoms with Gasteiger partial charge in [-0.1, -0.05) is 50.1 Å². The van der Waals surface area contributed by atoms with Crippen LogP contribution in [0.3, 0.4) is 0 Å². The highest BCUT2D eigenvalue weighted by atomic mass is 79.9. The van der Waals surface area contributed by atoms with Crippen LogP contribution in [-0.4, -0.2) is 23.2 Å². The van der Waals surface area contributed by atoms with Gasteiger partial charge in [0, 0.05) is 39.2 Å². The molecule has 0 aliphatic carbocycles. The van der Waals surface area contributed by atoms with Crippen molar-refractivity contribution in [1.82, 2.24) is 9.88 Å². The summed E-state index contributed by atoms with van der Waals surface area (Å²) in [6.45, 7) is 2.45. The first-order valence-corrected chi connectivity index (χ1v) is 9.45. The molecular weight excluding hydrogens is 432 g/mol. The molecule has 0 saturated heterocycles. The molecule has 0 N–H and O–H groups in total. The maximum atomic E-state index is 6.05. The molecule has 0 spiro atoms. The molecule has 3 aromatic rings. The molecule has 1 aliphatic heterocycles. The molecule has 4 rings (SSSR count). The third-order valence-electron chi connectivity index (χ3n) is 4.26. The summed E-state index contributed by atoms with van der Waals surface area (Å²) < 4.78 is 8.25. The zero-order valence-corrected chi connectivity index (χ0v) is 16.2. The number of ether oxygens (including phenoxy) is 1. The van der Waals surface area contributed by atoms with E-state index in [4.69, 9.17) is 4.74 Å². The lowest BCUT2D eigenvalue weighted by Crippen LogP contribution is -2.33. The van der Waals surface area contributed by atoms with E-state index in [0.29, 0.717) is 6.73 Å². The van der Waals surface area contributed by atoms with E-state index in [9.17, 15) is 0 Å². The number of aromatic nitrogens is 1. The first-order chi connectivity index (χ1) is 11.7. The zero-order valence-electron chi connectivity index (χ0n) is 13.0. The number of fused-ring (bicyclic) bond motifs is 3. The van der Waals surface area contributed by atoms with Crippen molar-refractivity contribution < 1.29 is 4.74 Å². The summed E-state index contributed by atoms with van der Waals surface area (Å²) in [6.07, 6.45) is 2.82. The minimum atomic E-state index is 0.605. The summed E-state index contributed by atoms with van der Waals surface area (Å²) in [5, 5.41) is 1.10. The number of rotatable bonds is 3. The molecule has 3 nitrogen and oxygen atoms in total. The fourth-order valence-electron chi connectivity index (χ4n) is 3.07. The lowest BCUT2D eigenvalue weighted by molar-refractivity contribution is 0.0980. The maximum Gasteiger partial charge on any atom is 0.152 e. The minimum Gasteiger partial charge on any atom is -0.475 e. The predicted octanol–water partition coefficient (Wildman–Crippen LogP) is 5.15. The van der Waals surface area contributed by atoms with Gasteiger partial charge < -0.3 is 4.74 Å². The van der Waals surface area contributed by atoms with Crippen LogP contribution in [0.25, 0.3) is 10.9 Å². The summed E-state index contributed by atoms with van der Waals surface area (Å²) in [4.78, 5) is 6.83. The number of halogens is 2. The quantitative estimate of drug-likeness (QED) is 0.554. The first-order valence-electron chi connectivity index (χ1n) is 7.86. The second-order valence-corrected chi connectivity index (χ2v) is 7.72. The fourth-order valence-corrected chi connectivity index (χ4v) is 4.11. The van der Waals surface area contributed by atoms with Crippen LogP contribution in [0.2, 0.25) is 0 Å². The van der Waals surface area contributed by atoms with Crippen molar-refractivity contribution in [3.63, 3.8) is 0 Å². The third kappa shape index (κ3) is 3.21. The molecular formula is C19H16Br2N2O. The Morgan fingerprint density at radius 3 is 2.92 bits per heavy atom. The van der Waals surface area contributed by atoms with Crippen LogP contribution in [0.15, 0.2) is 57.6 Å². The SMILES string of the molecule is Brc1cccc(CCN2COc3c(cc(Br)c4cccnc34)C2)c1. The lowest BCUT2D eigenvalue weighted by atomic mass is 10.1. The summed E-state index contributed by atoms with van der Waals surface area (Å²) in [5.74, 6) is 0.924. The summed E-state index contributed by atoms with van der Waals surface area (Å²) in [6, 6.07) is 14.6. The van der Waals surface area contributed by atoms with E-state index in [-0.39, 0.29) is 0 Å². The molecule has 0 saturated carbocycles. The Morgan fingerprint density at radius 2 is 2.04 bits per heavy atom. The average molecular weight is 448 g/mol. The van der Waals surface area contributed by atoms with Gasteiger partial charge in [0.05, 0.1) is 0 Å². The third-order valence-corrected chi connectivity index (χ3v) is 5.41. The molecule has 122 valence electrons. The van der Waals surface area contributed by atoms with Gasteiger partial charge in [-0.2, -0.15) is 0 Å². The van der Waals surface area contributed by atoms with Crippen LogP contribution in [-0.2, 0) is 13.0 Å². The Bertz CT molecular complexity index is 898. The molecule has 1 aliphatic rings. The molecule has 0 bridgehead atoms. The Balaban J connectivity index is 1.53. The van der Waals surface area contributed by atoms with E-state index < -0.39 is 0 Å². The molecule has 24 heavy (non-hydrogen) atoms.